The van der Waals surface area contributed by atoms with Gasteiger partial charge in [0.25, 0.3) is 5.79 Å². The van der Waals surface area contributed by atoms with E-state index in [4.69, 9.17) is 18.9 Å². The number of carbonyl (C=O) groups excluding carboxylic acids is 1. The molecule has 5 nitrogen and oxygen atoms in total. The van der Waals surface area contributed by atoms with Crippen molar-refractivity contribution < 1.29 is 23.7 Å². The monoisotopic (exact) mass is 452 g/mol. The number of rotatable bonds is 4. The second-order valence-corrected chi connectivity index (χ2v) is 8.70. The lowest BCUT2D eigenvalue weighted by molar-refractivity contribution is -0.138. The normalized spacial score (nSPS) is 18.0. The van der Waals surface area contributed by atoms with Crippen LogP contribution in [0, 0.1) is 0 Å². The molecule has 0 saturated heterocycles. The molecule has 0 saturated carbocycles. The van der Waals surface area contributed by atoms with Gasteiger partial charge in [-0.05, 0) is 42.7 Å². The minimum atomic E-state index is -0.927. The summed E-state index contributed by atoms with van der Waals surface area (Å²) in [6, 6.07) is 25.7. The first-order chi connectivity index (χ1) is 16.6. The molecule has 0 N–H and O–H groups in total. The van der Waals surface area contributed by atoms with Crippen LogP contribution in [0.5, 0.6) is 23.0 Å². The summed E-state index contributed by atoms with van der Waals surface area (Å²) in [5, 5.41) is 1.60. The number of fused-ring (bicyclic) bond motifs is 2. The molecule has 0 amide bonds. The molecular weight excluding hydrogens is 428 g/mol. The summed E-state index contributed by atoms with van der Waals surface area (Å²) < 4.78 is 24.9. The van der Waals surface area contributed by atoms with Crippen molar-refractivity contribution in [3.63, 3.8) is 0 Å². The Balaban J connectivity index is 1.38. The van der Waals surface area contributed by atoms with Gasteiger partial charge in [0, 0.05) is 29.9 Å². The zero-order chi connectivity index (χ0) is 23.1. The molecule has 0 bridgehead atoms. The van der Waals surface area contributed by atoms with E-state index in [0.717, 1.165) is 64.0 Å². The highest BCUT2D eigenvalue weighted by Gasteiger charge is 2.45. The molecule has 1 atom stereocenters. The fraction of sp³-hybridized carbons (Fsp3) is 0.207. The Morgan fingerprint density at radius 3 is 2.50 bits per heavy atom. The summed E-state index contributed by atoms with van der Waals surface area (Å²) in [7, 11) is 0. The van der Waals surface area contributed by atoms with Gasteiger partial charge in [0.2, 0.25) is 0 Å². The largest absolute Gasteiger partial charge is 0.489 e. The Hall–Kier alpha value is -3.99. The van der Waals surface area contributed by atoms with E-state index < -0.39 is 5.79 Å². The molecule has 34 heavy (non-hydrogen) atoms. The topological polar surface area (TPSA) is 54.0 Å². The van der Waals surface area contributed by atoms with E-state index >= 15 is 0 Å². The van der Waals surface area contributed by atoms with Crippen molar-refractivity contribution in [2.75, 3.05) is 0 Å². The van der Waals surface area contributed by atoms with Gasteiger partial charge in [0.1, 0.15) is 29.6 Å². The lowest BCUT2D eigenvalue weighted by Crippen LogP contribution is -2.44. The average Bonchev–Trinajstić information content (AvgIpc) is 2.85. The van der Waals surface area contributed by atoms with Gasteiger partial charge in [0.05, 0.1) is 5.39 Å². The number of carbonyl (C=O) groups is 1. The Labute approximate surface area is 197 Å². The Morgan fingerprint density at radius 2 is 1.68 bits per heavy atom. The summed E-state index contributed by atoms with van der Waals surface area (Å²) in [4.78, 5) is 11.6. The maximum atomic E-state index is 11.6. The van der Waals surface area contributed by atoms with E-state index in [-0.39, 0.29) is 5.97 Å². The molecule has 5 heteroatoms. The molecule has 0 radical (unpaired) electrons. The fourth-order valence-corrected chi connectivity index (χ4v) is 5.00. The lowest BCUT2D eigenvalue weighted by Gasteiger charge is -2.42. The second kappa shape index (κ2) is 8.10. The Bertz CT molecular complexity index is 1380. The minimum Gasteiger partial charge on any atom is -0.489 e. The highest BCUT2D eigenvalue weighted by Crippen LogP contribution is 2.51. The number of hydrogen-bond acceptors (Lipinski definition) is 5. The van der Waals surface area contributed by atoms with Gasteiger partial charge in [-0.3, -0.25) is 4.79 Å². The van der Waals surface area contributed by atoms with Crippen LogP contribution in [0.2, 0.25) is 0 Å². The Kier molecular flexibility index (Phi) is 4.91. The number of benzene rings is 4. The third-order valence-corrected chi connectivity index (χ3v) is 6.44. The quantitative estimate of drug-likeness (QED) is 0.268. The van der Waals surface area contributed by atoms with E-state index in [1.807, 2.05) is 54.6 Å². The summed E-state index contributed by atoms with van der Waals surface area (Å²) in [5.41, 5.74) is 3.24. The lowest BCUT2D eigenvalue weighted by atomic mass is 9.85. The first-order valence-corrected chi connectivity index (χ1v) is 11.5. The SMILES string of the molecule is CC(=O)Oc1ccc2c3c(cccc13)OC1(CCCc3c(OCc4ccccc4)cccc31)O2. The highest BCUT2D eigenvalue weighted by molar-refractivity contribution is 5.99. The van der Waals surface area contributed by atoms with Crippen molar-refractivity contribution in [3.8, 4) is 23.0 Å². The van der Waals surface area contributed by atoms with Gasteiger partial charge in [0.15, 0.2) is 0 Å². The molecule has 1 spiro atoms. The fourth-order valence-electron chi connectivity index (χ4n) is 5.00. The van der Waals surface area contributed by atoms with Gasteiger partial charge < -0.3 is 18.9 Å². The molecule has 6 rings (SSSR count). The van der Waals surface area contributed by atoms with Crippen molar-refractivity contribution in [1.29, 1.82) is 0 Å². The molecule has 0 fully saturated rings. The predicted octanol–water partition coefficient (Wildman–Crippen LogP) is 6.30. The van der Waals surface area contributed by atoms with E-state index in [1.54, 1.807) is 6.07 Å². The molecule has 1 aliphatic heterocycles. The van der Waals surface area contributed by atoms with Crippen molar-refractivity contribution >= 4 is 16.7 Å². The van der Waals surface area contributed by atoms with Crippen LogP contribution in [0.15, 0.2) is 78.9 Å². The smallest absolute Gasteiger partial charge is 0.308 e. The molecule has 1 aliphatic carbocycles. The van der Waals surface area contributed by atoms with Crippen molar-refractivity contribution in [1.82, 2.24) is 0 Å². The van der Waals surface area contributed by atoms with Crippen LogP contribution < -0.4 is 18.9 Å². The number of esters is 1. The van der Waals surface area contributed by atoms with Gasteiger partial charge >= 0.3 is 5.97 Å². The first kappa shape index (κ1) is 20.6. The van der Waals surface area contributed by atoms with Crippen LogP contribution in [0.4, 0.5) is 0 Å². The predicted molar refractivity (Wildman–Crippen MR) is 128 cm³/mol. The first-order valence-electron chi connectivity index (χ1n) is 11.5. The van der Waals surface area contributed by atoms with Crippen molar-refractivity contribution in [2.45, 2.75) is 38.6 Å². The third-order valence-electron chi connectivity index (χ3n) is 6.44. The minimum absolute atomic E-state index is 0.362. The molecule has 4 aromatic rings. The van der Waals surface area contributed by atoms with Gasteiger partial charge in [-0.2, -0.15) is 0 Å². The molecule has 4 aromatic carbocycles. The summed E-state index contributed by atoms with van der Waals surface area (Å²) in [5.74, 6) is 1.51. The zero-order valence-corrected chi connectivity index (χ0v) is 18.9. The standard InChI is InChI=1S/C29H24O5/c1-19(30)32-25-15-16-27-28-22(25)10-5-14-26(28)33-29(34-27)17-7-11-21-23(29)12-6-13-24(21)31-18-20-8-3-2-4-9-20/h2-6,8-10,12-16H,7,11,17-18H2,1H3. The molecule has 2 aliphatic rings. The van der Waals surface area contributed by atoms with Crippen LogP contribution in [-0.2, 0) is 23.6 Å². The van der Waals surface area contributed by atoms with Crippen molar-refractivity contribution in [3.05, 3.63) is 95.6 Å². The number of hydrogen-bond donors (Lipinski definition) is 0. The second-order valence-electron chi connectivity index (χ2n) is 8.70. The maximum absolute atomic E-state index is 11.6. The van der Waals surface area contributed by atoms with Crippen LogP contribution in [0.25, 0.3) is 10.8 Å². The van der Waals surface area contributed by atoms with E-state index in [9.17, 15) is 4.79 Å². The molecular formula is C29H24O5. The van der Waals surface area contributed by atoms with E-state index in [2.05, 4.69) is 18.2 Å². The van der Waals surface area contributed by atoms with Crippen molar-refractivity contribution in [2.24, 2.45) is 0 Å². The maximum Gasteiger partial charge on any atom is 0.308 e. The van der Waals surface area contributed by atoms with Crippen LogP contribution in [0.1, 0.15) is 36.5 Å². The van der Waals surface area contributed by atoms with Crippen LogP contribution in [0.3, 0.4) is 0 Å². The molecule has 1 heterocycles. The Morgan fingerprint density at radius 1 is 0.882 bits per heavy atom. The average molecular weight is 453 g/mol. The van der Waals surface area contributed by atoms with Gasteiger partial charge in [-0.15, -0.1) is 0 Å². The van der Waals surface area contributed by atoms with Gasteiger partial charge in [-0.25, -0.2) is 0 Å². The molecule has 0 aromatic heterocycles. The molecule has 170 valence electrons. The van der Waals surface area contributed by atoms with E-state index in [1.165, 1.54) is 6.92 Å². The highest BCUT2D eigenvalue weighted by atomic mass is 16.7. The van der Waals surface area contributed by atoms with Crippen LogP contribution >= 0.6 is 0 Å². The summed E-state index contributed by atoms with van der Waals surface area (Å²) in [6.07, 6.45) is 2.54. The summed E-state index contributed by atoms with van der Waals surface area (Å²) in [6.45, 7) is 1.90. The third kappa shape index (κ3) is 3.45. The van der Waals surface area contributed by atoms with Gasteiger partial charge in [-0.1, -0.05) is 54.6 Å². The van der Waals surface area contributed by atoms with Crippen LogP contribution in [-0.4, -0.2) is 5.97 Å². The summed E-state index contributed by atoms with van der Waals surface area (Å²) >= 11 is 0. The zero-order valence-electron chi connectivity index (χ0n) is 18.9. The molecule has 1 unspecified atom stereocenters. The number of ether oxygens (including phenoxy) is 4. The van der Waals surface area contributed by atoms with E-state index in [0.29, 0.717) is 12.4 Å².